The average molecular weight is 443 g/mol. The lowest BCUT2D eigenvalue weighted by molar-refractivity contribution is 0.309. The summed E-state index contributed by atoms with van der Waals surface area (Å²) in [6.07, 6.45) is 4.04. The highest BCUT2D eigenvalue weighted by atomic mass is 32.1. The Morgan fingerprint density at radius 2 is 1.59 bits per heavy atom. The number of ether oxygens (including phenoxy) is 2. The topological polar surface area (TPSA) is 43.7 Å². The summed E-state index contributed by atoms with van der Waals surface area (Å²) in [5, 5.41) is 0.720. The number of hydrogen-bond acceptors (Lipinski definition) is 5. The van der Waals surface area contributed by atoms with Crippen LogP contribution in [0.25, 0.3) is 21.7 Å². The van der Waals surface area contributed by atoms with Gasteiger partial charge >= 0.3 is 0 Å². The van der Waals surface area contributed by atoms with Crippen molar-refractivity contribution >= 4 is 22.7 Å². The predicted molar refractivity (Wildman–Crippen MR) is 134 cm³/mol. The fourth-order valence-corrected chi connectivity index (χ4v) is 4.15. The molecule has 3 aromatic carbocycles. The number of rotatable bonds is 9. The lowest BCUT2D eigenvalue weighted by atomic mass is 10.1. The van der Waals surface area contributed by atoms with Crippen LogP contribution in [0, 0.1) is 0 Å². The monoisotopic (exact) mass is 442 g/mol. The second-order valence-corrected chi connectivity index (χ2v) is 8.28. The summed E-state index contributed by atoms with van der Waals surface area (Å²) in [5.74, 6) is 1.71. The van der Waals surface area contributed by atoms with Gasteiger partial charge in [0.2, 0.25) is 5.13 Å². The van der Waals surface area contributed by atoms with Crippen LogP contribution < -0.4 is 9.47 Å². The summed E-state index contributed by atoms with van der Waals surface area (Å²) in [6, 6.07) is 26.3. The van der Waals surface area contributed by atoms with Crippen molar-refractivity contribution in [3.8, 4) is 33.2 Å². The number of nitrogens with zero attached hydrogens (tertiary/aromatic N) is 2. The van der Waals surface area contributed by atoms with E-state index in [-0.39, 0.29) is 0 Å². The van der Waals surface area contributed by atoms with E-state index in [0.29, 0.717) is 0 Å². The van der Waals surface area contributed by atoms with Gasteiger partial charge in [-0.05, 0) is 66.1 Å². The lowest BCUT2D eigenvalue weighted by Crippen LogP contribution is -1.96. The Balaban J connectivity index is 1.59. The fourth-order valence-electron chi connectivity index (χ4n) is 3.21. The van der Waals surface area contributed by atoms with Crippen molar-refractivity contribution in [1.82, 2.24) is 4.98 Å². The maximum absolute atomic E-state index is 5.73. The van der Waals surface area contributed by atoms with Crippen molar-refractivity contribution in [1.29, 1.82) is 0 Å². The van der Waals surface area contributed by atoms with Gasteiger partial charge in [-0.15, -0.1) is 0 Å². The Hall–Kier alpha value is -3.44. The molecule has 0 N–H and O–H groups in total. The Labute approximate surface area is 193 Å². The molecule has 4 aromatic rings. The minimum Gasteiger partial charge on any atom is -0.497 e. The molecule has 0 saturated heterocycles. The van der Waals surface area contributed by atoms with Gasteiger partial charge < -0.3 is 9.47 Å². The second-order valence-electron chi connectivity index (χ2n) is 7.30. The maximum atomic E-state index is 5.73. The molecule has 0 radical (unpaired) electrons. The summed E-state index contributed by atoms with van der Waals surface area (Å²) < 4.78 is 11.0. The highest BCUT2D eigenvalue weighted by molar-refractivity contribution is 7.19. The molecule has 0 aliphatic heterocycles. The molecule has 0 bridgehead atoms. The van der Waals surface area contributed by atoms with Crippen molar-refractivity contribution in [2.75, 3.05) is 13.7 Å². The summed E-state index contributed by atoms with van der Waals surface area (Å²) in [5.41, 5.74) is 4.10. The van der Waals surface area contributed by atoms with Gasteiger partial charge in [-0.2, -0.15) is 0 Å². The van der Waals surface area contributed by atoms with Crippen LogP contribution in [0.5, 0.6) is 11.5 Å². The van der Waals surface area contributed by atoms with E-state index in [1.54, 1.807) is 18.4 Å². The predicted octanol–water partition coefficient (Wildman–Crippen LogP) is 7.42. The van der Waals surface area contributed by atoms with Gasteiger partial charge in [-0.3, -0.25) is 0 Å². The lowest BCUT2D eigenvalue weighted by Gasteiger charge is -2.04. The quantitative estimate of drug-likeness (QED) is 0.200. The molecule has 1 heterocycles. The Morgan fingerprint density at radius 3 is 2.28 bits per heavy atom. The van der Waals surface area contributed by atoms with E-state index in [0.717, 1.165) is 63.3 Å². The number of aliphatic imine (C=N–C) groups is 1. The maximum Gasteiger partial charge on any atom is 0.210 e. The summed E-state index contributed by atoms with van der Waals surface area (Å²) in [6.45, 7) is 2.91. The number of aromatic nitrogens is 1. The second kappa shape index (κ2) is 10.7. The molecule has 1 aromatic heterocycles. The zero-order valence-electron chi connectivity index (χ0n) is 18.3. The van der Waals surface area contributed by atoms with Crippen LogP contribution in [0.4, 0.5) is 5.13 Å². The minimum absolute atomic E-state index is 0.720. The molecule has 162 valence electrons. The number of benzene rings is 3. The van der Waals surface area contributed by atoms with Crippen molar-refractivity contribution < 1.29 is 9.47 Å². The molecule has 0 fully saturated rings. The fraction of sp³-hybridized carbons (Fsp3) is 0.185. The van der Waals surface area contributed by atoms with Gasteiger partial charge in [-0.25, -0.2) is 9.98 Å². The van der Waals surface area contributed by atoms with Gasteiger partial charge in [0.25, 0.3) is 0 Å². The van der Waals surface area contributed by atoms with E-state index < -0.39 is 0 Å². The van der Waals surface area contributed by atoms with Crippen LogP contribution >= 0.6 is 11.3 Å². The third-order valence-corrected chi connectivity index (χ3v) is 6.00. The highest BCUT2D eigenvalue weighted by Gasteiger charge is 2.14. The summed E-state index contributed by atoms with van der Waals surface area (Å²) in [4.78, 5) is 10.6. The number of unbranched alkanes of at least 4 members (excludes halogenated alkanes) is 1. The first-order chi connectivity index (χ1) is 15.8. The number of thiazole rings is 1. The molecule has 32 heavy (non-hydrogen) atoms. The normalized spacial score (nSPS) is 11.1. The van der Waals surface area contributed by atoms with E-state index in [1.165, 1.54) is 0 Å². The van der Waals surface area contributed by atoms with E-state index in [2.05, 4.69) is 24.0 Å². The molecule has 0 aliphatic rings. The third-order valence-electron chi connectivity index (χ3n) is 4.99. The molecular weight excluding hydrogens is 416 g/mol. The molecule has 0 amide bonds. The Morgan fingerprint density at radius 1 is 0.875 bits per heavy atom. The molecular formula is C27H26N2O2S. The smallest absolute Gasteiger partial charge is 0.210 e. The van der Waals surface area contributed by atoms with Crippen molar-refractivity contribution in [3.63, 3.8) is 0 Å². The van der Waals surface area contributed by atoms with Crippen molar-refractivity contribution in [2.45, 2.75) is 19.8 Å². The van der Waals surface area contributed by atoms with Crippen molar-refractivity contribution in [2.24, 2.45) is 4.99 Å². The molecule has 5 heteroatoms. The first kappa shape index (κ1) is 21.8. The average Bonchev–Trinajstić information content (AvgIpc) is 3.29. The van der Waals surface area contributed by atoms with Crippen LogP contribution in [0.2, 0.25) is 0 Å². The Bertz CT molecular complexity index is 1150. The van der Waals surface area contributed by atoms with Crippen LogP contribution in [0.15, 0.2) is 83.9 Å². The standard InChI is InChI=1S/C27H26N2O2S/c1-3-4-18-31-24-14-10-20(11-15-24)19-28-27-29-25(21-12-16-23(30-2)17-13-21)26(32-27)22-8-6-5-7-9-22/h5-17,19H,3-4,18H2,1-2H3. The van der Waals surface area contributed by atoms with Crippen LogP contribution in [-0.2, 0) is 0 Å². The summed E-state index contributed by atoms with van der Waals surface area (Å²) in [7, 11) is 1.67. The first-order valence-corrected chi connectivity index (χ1v) is 11.6. The van der Waals surface area contributed by atoms with Crippen molar-refractivity contribution in [3.05, 3.63) is 84.4 Å². The Kier molecular flexibility index (Phi) is 7.31. The molecule has 0 unspecified atom stereocenters. The molecule has 4 nitrogen and oxygen atoms in total. The van der Waals surface area contributed by atoms with Crippen LogP contribution in [-0.4, -0.2) is 24.9 Å². The largest absolute Gasteiger partial charge is 0.497 e. The highest BCUT2D eigenvalue weighted by Crippen LogP contribution is 2.40. The van der Waals surface area contributed by atoms with Gasteiger partial charge in [0.15, 0.2) is 0 Å². The molecule has 0 aliphatic carbocycles. The van der Waals surface area contributed by atoms with Crippen LogP contribution in [0.1, 0.15) is 25.3 Å². The molecule has 4 rings (SSSR count). The van der Waals surface area contributed by atoms with E-state index in [1.807, 2.05) is 72.9 Å². The first-order valence-electron chi connectivity index (χ1n) is 10.7. The number of hydrogen-bond donors (Lipinski definition) is 0. The van der Waals surface area contributed by atoms with Gasteiger partial charge in [0.05, 0.1) is 24.3 Å². The van der Waals surface area contributed by atoms with E-state index in [9.17, 15) is 0 Å². The van der Waals surface area contributed by atoms with E-state index >= 15 is 0 Å². The molecule has 0 spiro atoms. The minimum atomic E-state index is 0.720. The zero-order chi connectivity index (χ0) is 22.2. The van der Waals surface area contributed by atoms with E-state index in [4.69, 9.17) is 14.5 Å². The van der Waals surface area contributed by atoms with Gasteiger partial charge in [0.1, 0.15) is 11.5 Å². The SMILES string of the molecule is CCCCOc1ccc(C=Nc2nc(-c3ccc(OC)cc3)c(-c3ccccc3)s2)cc1. The number of methoxy groups -OCH3 is 1. The van der Waals surface area contributed by atoms with Crippen LogP contribution in [0.3, 0.4) is 0 Å². The van der Waals surface area contributed by atoms with Gasteiger partial charge in [-0.1, -0.05) is 55.0 Å². The molecule has 0 atom stereocenters. The summed E-state index contributed by atoms with van der Waals surface area (Å²) >= 11 is 1.59. The van der Waals surface area contributed by atoms with Gasteiger partial charge in [0, 0.05) is 11.8 Å². The zero-order valence-corrected chi connectivity index (χ0v) is 19.1. The third kappa shape index (κ3) is 5.42. The molecule has 0 saturated carbocycles.